The molecule has 0 saturated carbocycles. The minimum Gasteiger partial charge on any atom is -0.477 e. The summed E-state index contributed by atoms with van der Waals surface area (Å²) in [4.78, 5) is 31.1. The van der Waals surface area contributed by atoms with Crippen LogP contribution in [0.4, 0.5) is 0 Å². The van der Waals surface area contributed by atoms with Crippen molar-refractivity contribution in [2.75, 3.05) is 40.3 Å². The number of nitrogens with one attached hydrogen (secondary N) is 1. The highest BCUT2D eigenvalue weighted by Crippen LogP contribution is 2.06. The second-order valence-corrected chi connectivity index (χ2v) is 5.34. The standard InChI is InChI=1S/C14H20N4O3/c1-17-5-6-18(2)11(9-17)8-16-13(19)10-3-4-15-12(7-10)14(20)21/h3-4,7,11H,5-6,8-9H2,1-2H3,(H,16,19)(H,20,21). The Kier molecular flexibility index (Phi) is 4.87. The topological polar surface area (TPSA) is 85.8 Å². The SMILES string of the molecule is CN1CCN(C)C(CNC(=O)c2ccnc(C(=O)O)c2)C1. The second kappa shape index (κ2) is 6.64. The van der Waals surface area contributed by atoms with Gasteiger partial charge < -0.3 is 15.3 Å². The van der Waals surface area contributed by atoms with E-state index in [2.05, 4.69) is 27.1 Å². The van der Waals surface area contributed by atoms with Gasteiger partial charge in [-0.1, -0.05) is 0 Å². The molecule has 7 nitrogen and oxygen atoms in total. The summed E-state index contributed by atoms with van der Waals surface area (Å²) in [6.45, 7) is 3.42. The van der Waals surface area contributed by atoms with Crippen molar-refractivity contribution in [3.8, 4) is 0 Å². The summed E-state index contributed by atoms with van der Waals surface area (Å²) >= 11 is 0. The number of hydrogen-bond acceptors (Lipinski definition) is 5. The van der Waals surface area contributed by atoms with Gasteiger partial charge in [-0.3, -0.25) is 9.69 Å². The quantitative estimate of drug-likeness (QED) is 0.796. The summed E-state index contributed by atoms with van der Waals surface area (Å²) in [7, 11) is 4.10. The molecule has 0 aliphatic carbocycles. The average Bonchev–Trinajstić information content (AvgIpc) is 2.48. The molecule has 114 valence electrons. The summed E-state index contributed by atoms with van der Waals surface area (Å²) in [5.41, 5.74) is 0.186. The van der Waals surface area contributed by atoms with Gasteiger partial charge in [0, 0.05) is 44.0 Å². The van der Waals surface area contributed by atoms with Gasteiger partial charge in [-0.25, -0.2) is 9.78 Å². The van der Waals surface area contributed by atoms with Crippen molar-refractivity contribution in [1.29, 1.82) is 0 Å². The van der Waals surface area contributed by atoms with Crippen LogP contribution in [0.1, 0.15) is 20.8 Å². The van der Waals surface area contributed by atoms with E-state index < -0.39 is 5.97 Å². The Bertz CT molecular complexity index is 535. The van der Waals surface area contributed by atoms with Gasteiger partial charge >= 0.3 is 5.97 Å². The van der Waals surface area contributed by atoms with Crippen molar-refractivity contribution in [1.82, 2.24) is 20.1 Å². The molecular formula is C14H20N4O3. The number of rotatable bonds is 4. The van der Waals surface area contributed by atoms with Crippen LogP contribution in [0.2, 0.25) is 0 Å². The predicted molar refractivity (Wildman–Crippen MR) is 77.4 cm³/mol. The summed E-state index contributed by atoms with van der Waals surface area (Å²) in [6.07, 6.45) is 1.33. The third-order valence-corrected chi connectivity index (χ3v) is 3.72. The van der Waals surface area contributed by atoms with Crippen LogP contribution in [-0.2, 0) is 0 Å². The highest BCUT2D eigenvalue weighted by Gasteiger charge is 2.22. The van der Waals surface area contributed by atoms with Gasteiger partial charge in [0.1, 0.15) is 5.69 Å². The van der Waals surface area contributed by atoms with Crippen LogP contribution in [-0.4, -0.2) is 78.1 Å². The Balaban J connectivity index is 1.95. The molecule has 2 N–H and O–H groups in total. The molecule has 0 spiro atoms. The van der Waals surface area contributed by atoms with Gasteiger partial charge in [-0.15, -0.1) is 0 Å². The Hall–Kier alpha value is -1.99. The number of carboxylic acids is 1. The maximum absolute atomic E-state index is 12.1. The van der Waals surface area contributed by atoms with Crippen molar-refractivity contribution < 1.29 is 14.7 Å². The number of likely N-dealkylation sites (N-methyl/N-ethyl adjacent to an activating group) is 2. The summed E-state index contributed by atoms with van der Waals surface area (Å²) in [6, 6.07) is 3.06. The normalized spacial score (nSPS) is 20.2. The first-order valence-electron chi connectivity index (χ1n) is 6.83. The number of pyridine rings is 1. The number of carboxylic acid groups (broad SMARTS) is 1. The van der Waals surface area contributed by atoms with E-state index in [1.54, 1.807) is 0 Å². The number of aromatic carboxylic acids is 1. The molecule has 1 atom stereocenters. The molecule has 2 heterocycles. The zero-order valence-corrected chi connectivity index (χ0v) is 12.2. The molecule has 7 heteroatoms. The molecule has 1 aliphatic heterocycles. The van der Waals surface area contributed by atoms with E-state index in [-0.39, 0.29) is 17.6 Å². The molecule has 1 fully saturated rings. The van der Waals surface area contributed by atoms with Gasteiger partial charge in [0.25, 0.3) is 5.91 Å². The van der Waals surface area contributed by atoms with Gasteiger partial charge in [0.05, 0.1) is 0 Å². The van der Waals surface area contributed by atoms with Gasteiger partial charge in [0.15, 0.2) is 0 Å². The maximum atomic E-state index is 12.1. The molecule has 0 bridgehead atoms. The number of aromatic nitrogens is 1. The lowest BCUT2D eigenvalue weighted by atomic mass is 10.1. The lowest BCUT2D eigenvalue weighted by Gasteiger charge is -2.37. The number of nitrogens with zero attached hydrogens (tertiary/aromatic N) is 3. The van der Waals surface area contributed by atoms with E-state index in [1.807, 2.05) is 7.05 Å². The van der Waals surface area contributed by atoms with Crippen molar-refractivity contribution >= 4 is 11.9 Å². The number of piperazine rings is 1. The van der Waals surface area contributed by atoms with Gasteiger partial charge in [-0.2, -0.15) is 0 Å². The monoisotopic (exact) mass is 292 g/mol. The molecule has 1 aliphatic rings. The second-order valence-electron chi connectivity index (χ2n) is 5.34. The largest absolute Gasteiger partial charge is 0.477 e. The summed E-state index contributed by atoms with van der Waals surface area (Å²) < 4.78 is 0. The minimum absolute atomic E-state index is 0.128. The van der Waals surface area contributed by atoms with Gasteiger partial charge in [-0.05, 0) is 26.2 Å². The number of carbonyl (C=O) groups excluding carboxylic acids is 1. The minimum atomic E-state index is -1.14. The molecule has 1 unspecified atom stereocenters. The van der Waals surface area contributed by atoms with Gasteiger partial charge in [0.2, 0.25) is 0 Å². The fourth-order valence-corrected chi connectivity index (χ4v) is 2.32. The molecule has 1 aromatic rings. The van der Waals surface area contributed by atoms with Crippen LogP contribution in [0.25, 0.3) is 0 Å². The Morgan fingerprint density at radius 1 is 1.43 bits per heavy atom. The lowest BCUT2D eigenvalue weighted by molar-refractivity contribution is 0.0690. The molecule has 0 radical (unpaired) electrons. The molecule has 1 amide bonds. The highest BCUT2D eigenvalue weighted by molar-refractivity contribution is 5.96. The third-order valence-electron chi connectivity index (χ3n) is 3.72. The predicted octanol–water partition coefficient (Wildman–Crippen LogP) is -0.245. The third kappa shape index (κ3) is 3.99. The van der Waals surface area contributed by atoms with E-state index in [0.717, 1.165) is 19.6 Å². The van der Waals surface area contributed by atoms with Crippen molar-refractivity contribution in [2.24, 2.45) is 0 Å². The van der Waals surface area contributed by atoms with Crippen molar-refractivity contribution in [3.05, 3.63) is 29.6 Å². The van der Waals surface area contributed by atoms with Crippen LogP contribution < -0.4 is 5.32 Å². The van der Waals surface area contributed by atoms with Crippen molar-refractivity contribution in [3.63, 3.8) is 0 Å². The summed E-state index contributed by atoms with van der Waals surface area (Å²) in [5, 5.41) is 11.7. The summed E-state index contributed by atoms with van der Waals surface area (Å²) in [5.74, 6) is -1.42. The van der Waals surface area contributed by atoms with E-state index in [9.17, 15) is 9.59 Å². The molecule has 0 aromatic carbocycles. The first-order chi connectivity index (χ1) is 9.97. The molecule has 1 aromatic heterocycles. The Morgan fingerprint density at radius 2 is 2.19 bits per heavy atom. The van der Waals surface area contributed by atoms with E-state index in [4.69, 9.17) is 5.11 Å². The molecular weight excluding hydrogens is 272 g/mol. The lowest BCUT2D eigenvalue weighted by Crippen LogP contribution is -2.54. The van der Waals surface area contributed by atoms with Crippen LogP contribution in [0.3, 0.4) is 0 Å². The molecule has 21 heavy (non-hydrogen) atoms. The Labute approximate surface area is 123 Å². The van der Waals surface area contributed by atoms with E-state index >= 15 is 0 Å². The zero-order valence-electron chi connectivity index (χ0n) is 12.2. The first-order valence-corrected chi connectivity index (χ1v) is 6.83. The van der Waals surface area contributed by atoms with E-state index in [1.165, 1.54) is 18.3 Å². The Morgan fingerprint density at radius 3 is 2.90 bits per heavy atom. The van der Waals surface area contributed by atoms with Crippen LogP contribution >= 0.6 is 0 Å². The number of carbonyl (C=O) groups is 2. The number of amides is 1. The number of hydrogen-bond donors (Lipinski definition) is 2. The maximum Gasteiger partial charge on any atom is 0.354 e. The smallest absolute Gasteiger partial charge is 0.354 e. The first kappa shape index (κ1) is 15.4. The zero-order chi connectivity index (χ0) is 15.4. The highest BCUT2D eigenvalue weighted by atomic mass is 16.4. The van der Waals surface area contributed by atoms with E-state index in [0.29, 0.717) is 12.1 Å². The fraction of sp³-hybridized carbons (Fsp3) is 0.500. The van der Waals surface area contributed by atoms with Crippen LogP contribution in [0.15, 0.2) is 18.3 Å². The molecule has 1 saturated heterocycles. The average molecular weight is 292 g/mol. The van der Waals surface area contributed by atoms with Crippen LogP contribution in [0.5, 0.6) is 0 Å². The van der Waals surface area contributed by atoms with Crippen molar-refractivity contribution in [2.45, 2.75) is 6.04 Å². The fourth-order valence-electron chi connectivity index (χ4n) is 2.32. The molecule has 2 rings (SSSR count). The van der Waals surface area contributed by atoms with Crippen LogP contribution in [0, 0.1) is 0 Å².